The highest BCUT2D eigenvalue weighted by atomic mass is 79.9. The van der Waals surface area contributed by atoms with Gasteiger partial charge in [0.15, 0.2) is 0 Å². The second-order valence-corrected chi connectivity index (χ2v) is 5.45. The van der Waals surface area contributed by atoms with Crippen LogP contribution in [0.25, 0.3) is 0 Å². The Bertz CT molecular complexity index is 326. The largest absolute Gasteiger partial charge is 0.356 e. The zero-order valence-corrected chi connectivity index (χ0v) is 12.6. The monoisotopic (exact) mass is 303 g/mol. The molecule has 0 aromatic carbocycles. The predicted octanol–water partition coefficient (Wildman–Crippen LogP) is 3.13. The molecule has 0 aliphatic heterocycles. The highest BCUT2D eigenvalue weighted by molar-refractivity contribution is 9.10. The number of rotatable bonds is 5. The van der Waals surface area contributed by atoms with Gasteiger partial charge in [0.1, 0.15) is 16.2 Å². The molecular weight excluding hydrogens is 286 g/mol. The van der Waals surface area contributed by atoms with Gasteiger partial charge in [0.2, 0.25) is 0 Å². The third-order valence-corrected chi connectivity index (χ3v) is 3.66. The Morgan fingerprint density at radius 2 is 2.19 bits per heavy atom. The van der Waals surface area contributed by atoms with E-state index in [1.165, 1.54) is 0 Å². The van der Waals surface area contributed by atoms with E-state index in [-0.39, 0.29) is 0 Å². The van der Waals surface area contributed by atoms with Crippen LogP contribution in [0.1, 0.15) is 19.2 Å². The summed E-state index contributed by atoms with van der Waals surface area (Å²) >= 11 is 5.28. The number of anilines is 1. The van der Waals surface area contributed by atoms with Crippen molar-refractivity contribution >= 4 is 33.5 Å². The molecule has 3 nitrogen and oxygen atoms in total. The molecule has 0 fully saturated rings. The van der Waals surface area contributed by atoms with E-state index in [4.69, 9.17) is 0 Å². The molecule has 90 valence electrons. The third kappa shape index (κ3) is 3.63. The lowest BCUT2D eigenvalue weighted by Crippen LogP contribution is -2.33. The average molecular weight is 304 g/mol. The first-order valence-corrected chi connectivity index (χ1v) is 7.50. The van der Waals surface area contributed by atoms with Gasteiger partial charge in [0.25, 0.3) is 0 Å². The number of thioether (sulfide) groups is 1. The zero-order chi connectivity index (χ0) is 12.1. The fraction of sp³-hybridized carbons (Fsp3) is 0.636. The summed E-state index contributed by atoms with van der Waals surface area (Å²) in [4.78, 5) is 10.9. The Morgan fingerprint density at radius 1 is 1.50 bits per heavy atom. The molecular formula is C11H18BrN3S. The van der Waals surface area contributed by atoms with Crippen molar-refractivity contribution in [2.75, 3.05) is 24.0 Å². The molecule has 0 spiro atoms. The smallest absolute Gasteiger partial charge is 0.133 e. The van der Waals surface area contributed by atoms with Gasteiger partial charge in [-0.25, -0.2) is 9.97 Å². The molecule has 1 rings (SSSR count). The van der Waals surface area contributed by atoms with Crippen LogP contribution in [0.5, 0.6) is 0 Å². The average Bonchev–Trinajstić information content (AvgIpc) is 2.23. The van der Waals surface area contributed by atoms with Crippen molar-refractivity contribution in [2.24, 2.45) is 0 Å². The van der Waals surface area contributed by atoms with Crippen molar-refractivity contribution in [3.05, 3.63) is 16.5 Å². The van der Waals surface area contributed by atoms with Crippen molar-refractivity contribution in [1.29, 1.82) is 0 Å². The third-order valence-electron chi connectivity index (χ3n) is 2.53. The van der Waals surface area contributed by atoms with Gasteiger partial charge in [-0.2, -0.15) is 11.8 Å². The molecule has 0 saturated carbocycles. The molecule has 0 aliphatic carbocycles. The maximum atomic E-state index is 4.46. The Labute approximate surface area is 110 Å². The molecule has 0 saturated heterocycles. The first-order chi connectivity index (χ1) is 7.58. The maximum Gasteiger partial charge on any atom is 0.133 e. The number of aryl methyl sites for hydroxylation is 1. The van der Waals surface area contributed by atoms with E-state index in [0.29, 0.717) is 6.04 Å². The van der Waals surface area contributed by atoms with Crippen LogP contribution in [0.15, 0.2) is 10.7 Å². The summed E-state index contributed by atoms with van der Waals surface area (Å²) < 4.78 is 0.848. The van der Waals surface area contributed by atoms with Crippen molar-refractivity contribution in [1.82, 2.24) is 9.97 Å². The second-order valence-electron chi connectivity index (χ2n) is 3.72. The molecule has 0 aliphatic rings. The van der Waals surface area contributed by atoms with Crippen LogP contribution in [-0.2, 0) is 0 Å². The van der Waals surface area contributed by atoms with Crippen LogP contribution < -0.4 is 4.90 Å². The van der Waals surface area contributed by atoms with Crippen LogP contribution >= 0.6 is 27.7 Å². The van der Waals surface area contributed by atoms with Gasteiger partial charge in [-0.1, -0.05) is 6.92 Å². The Hall–Kier alpha value is -0.290. The van der Waals surface area contributed by atoms with Gasteiger partial charge >= 0.3 is 0 Å². The van der Waals surface area contributed by atoms with Gasteiger partial charge in [-0.3, -0.25) is 0 Å². The van der Waals surface area contributed by atoms with Crippen LogP contribution in [0.3, 0.4) is 0 Å². The molecule has 0 radical (unpaired) electrons. The highest BCUT2D eigenvalue weighted by Crippen LogP contribution is 2.19. The van der Waals surface area contributed by atoms with E-state index >= 15 is 0 Å². The summed E-state index contributed by atoms with van der Waals surface area (Å²) in [6.45, 7) is 4.12. The van der Waals surface area contributed by atoms with Gasteiger partial charge in [-0.05, 0) is 35.5 Å². The highest BCUT2D eigenvalue weighted by Gasteiger charge is 2.14. The summed E-state index contributed by atoms with van der Waals surface area (Å²) in [6, 6.07) is 2.49. The lowest BCUT2D eigenvalue weighted by molar-refractivity contribution is 0.663. The van der Waals surface area contributed by atoms with Crippen LogP contribution in [0, 0.1) is 6.92 Å². The van der Waals surface area contributed by atoms with Crippen molar-refractivity contribution < 1.29 is 0 Å². The SMILES string of the molecule is CCC(CSC)N(C)c1cc(Br)nc(C)n1. The normalized spacial score (nSPS) is 12.6. The molecule has 0 N–H and O–H groups in total. The molecule has 1 unspecified atom stereocenters. The zero-order valence-electron chi connectivity index (χ0n) is 10.2. The molecule has 5 heteroatoms. The van der Waals surface area contributed by atoms with E-state index in [1.807, 2.05) is 24.8 Å². The summed E-state index contributed by atoms with van der Waals surface area (Å²) in [5, 5.41) is 0. The number of halogens is 1. The van der Waals surface area contributed by atoms with Crippen molar-refractivity contribution in [3.8, 4) is 0 Å². The number of nitrogens with zero attached hydrogens (tertiary/aromatic N) is 3. The first kappa shape index (κ1) is 13.8. The van der Waals surface area contributed by atoms with Gasteiger partial charge in [0.05, 0.1) is 0 Å². The Kier molecular flexibility index (Phi) is 5.55. The fourth-order valence-electron chi connectivity index (χ4n) is 1.58. The molecule has 0 bridgehead atoms. The Morgan fingerprint density at radius 3 is 2.69 bits per heavy atom. The summed E-state index contributed by atoms with van der Waals surface area (Å²) in [5.41, 5.74) is 0. The minimum absolute atomic E-state index is 0.524. The maximum absolute atomic E-state index is 4.46. The summed E-state index contributed by atoms with van der Waals surface area (Å²) in [7, 11) is 2.10. The standard InChI is InChI=1S/C11H18BrN3S/c1-5-9(7-16-4)15(3)11-6-10(12)13-8(2)14-11/h6,9H,5,7H2,1-4H3. The molecule has 0 amide bonds. The van der Waals surface area contributed by atoms with Gasteiger partial charge in [0, 0.05) is 24.9 Å². The number of hydrogen-bond acceptors (Lipinski definition) is 4. The van der Waals surface area contributed by atoms with E-state index in [1.54, 1.807) is 0 Å². The van der Waals surface area contributed by atoms with E-state index in [2.05, 4.69) is 51.0 Å². The molecule has 1 atom stereocenters. The lowest BCUT2D eigenvalue weighted by Gasteiger charge is -2.27. The van der Waals surface area contributed by atoms with Gasteiger partial charge in [-0.15, -0.1) is 0 Å². The van der Waals surface area contributed by atoms with Crippen molar-refractivity contribution in [3.63, 3.8) is 0 Å². The van der Waals surface area contributed by atoms with Crippen LogP contribution in [0.4, 0.5) is 5.82 Å². The second kappa shape index (κ2) is 6.45. The van der Waals surface area contributed by atoms with E-state index < -0.39 is 0 Å². The first-order valence-electron chi connectivity index (χ1n) is 5.31. The molecule has 1 heterocycles. The van der Waals surface area contributed by atoms with Crippen LogP contribution in [-0.4, -0.2) is 35.1 Å². The van der Waals surface area contributed by atoms with Crippen molar-refractivity contribution in [2.45, 2.75) is 26.3 Å². The quantitative estimate of drug-likeness (QED) is 0.782. The predicted molar refractivity (Wildman–Crippen MR) is 75.3 cm³/mol. The molecule has 1 aromatic heterocycles. The minimum Gasteiger partial charge on any atom is -0.356 e. The minimum atomic E-state index is 0.524. The lowest BCUT2D eigenvalue weighted by atomic mass is 10.2. The summed E-state index contributed by atoms with van der Waals surface area (Å²) in [6.07, 6.45) is 3.26. The van der Waals surface area contributed by atoms with E-state index in [9.17, 15) is 0 Å². The number of aromatic nitrogens is 2. The summed E-state index contributed by atoms with van der Waals surface area (Å²) in [5.74, 6) is 2.91. The van der Waals surface area contributed by atoms with Crippen LogP contribution in [0.2, 0.25) is 0 Å². The van der Waals surface area contributed by atoms with Gasteiger partial charge < -0.3 is 4.90 Å². The Balaban J connectivity index is 2.89. The fourth-order valence-corrected chi connectivity index (χ4v) is 2.89. The topological polar surface area (TPSA) is 29.0 Å². The molecule has 16 heavy (non-hydrogen) atoms. The molecule has 1 aromatic rings. The van der Waals surface area contributed by atoms with E-state index in [0.717, 1.165) is 28.4 Å². The number of hydrogen-bond donors (Lipinski definition) is 0.